The maximum absolute atomic E-state index is 6.17. The zero-order chi connectivity index (χ0) is 14.0. The van der Waals surface area contributed by atoms with Crippen molar-refractivity contribution in [3.63, 3.8) is 0 Å². The van der Waals surface area contributed by atoms with Crippen molar-refractivity contribution in [2.45, 2.75) is 76.5 Å². The second-order valence-corrected chi connectivity index (χ2v) is 7.07. The van der Waals surface area contributed by atoms with Gasteiger partial charge in [0, 0.05) is 25.2 Å². The molecule has 3 rings (SSSR count). The number of rotatable bonds is 3. The van der Waals surface area contributed by atoms with E-state index in [4.69, 9.17) is 4.74 Å². The minimum atomic E-state index is 0.171. The molecule has 3 aliphatic rings. The molecule has 3 heterocycles. The van der Waals surface area contributed by atoms with Crippen molar-refractivity contribution < 1.29 is 4.74 Å². The van der Waals surface area contributed by atoms with Gasteiger partial charge < -0.3 is 4.74 Å². The molecule has 3 saturated heterocycles. The van der Waals surface area contributed by atoms with Crippen molar-refractivity contribution in [1.29, 1.82) is 0 Å². The fourth-order valence-corrected chi connectivity index (χ4v) is 4.62. The lowest BCUT2D eigenvalue weighted by Gasteiger charge is -2.44. The van der Waals surface area contributed by atoms with Crippen molar-refractivity contribution >= 4 is 0 Å². The molecule has 0 saturated carbocycles. The van der Waals surface area contributed by atoms with Crippen molar-refractivity contribution in [1.82, 2.24) is 9.80 Å². The van der Waals surface area contributed by atoms with Crippen LogP contribution in [0.2, 0.25) is 0 Å². The summed E-state index contributed by atoms with van der Waals surface area (Å²) < 4.78 is 6.17. The molecule has 0 amide bonds. The van der Waals surface area contributed by atoms with Gasteiger partial charge in [0.05, 0.1) is 5.60 Å². The third kappa shape index (κ3) is 2.90. The monoisotopic (exact) mass is 280 g/mol. The van der Waals surface area contributed by atoms with E-state index in [9.17, 15) is 0 Å². The van der Waals surface area contributed by atoms with E-state index in [1.165, 1.54) is 71.1 Å². The number of hydrogen-bond donors (Lipinski definition) is 0. The Labute approximate surface area is 124 Å². The molecule has 3 nitrogen and oxygen atoms in total. The van der Waals surface area contributed by atoms with Crippen molar-refractivity contribution in [2.75, 3.05) is 32.8 Å². The van der Waals surface area contributed by atoms with Crippen molar-refractivity contribution in [3.05, 3.63) is 0 Å². The summed E-state index contributed by atoms with van der Waals surface area (Å²) in [5.41, 5.74) is 0.171. The molecule has 0 aromatic heterocycles. The highest BCUT2D eigenvalue weighted by molar-refractivity contribution is 4.93. The van der Waals surface area contributed by atoms with Gasteiger partial charge in [0.2, 0.25) is 0 Å². The van der Waals surface area contributed by atoms with Gasteiger partial charge in [-0.25, -0.2) is 0 Å². The van der Waals surface area contributed by atoms with Gasteiger partial charge in [-0.1, -0.05) is 13.8 Å². The number of fused-ring (bicyclic) bond motifs is 1. The van der Waals surface area contributed by atoms with Gasteiger partial charge in [-0.15, -0.1) is 0 Å². The molecule has 0 spiro atoms. The van der Waals surface area contributed by atoms with E-state index in [1.807, 2.05) is 0 Å². The largest absolute Gasteiger partial charge is 0.375 e. The Bertz CT molecular complexity index is 316. The molecule has 0 N–H and O–H groups in total. The lowest BCUT2D eigenvalue weighted by atomic mass is 9.85. The van der Waals surface area contributed by atoms with Crippen LogP contribution in [0.15, 0.2) is 0 Å². The van der Waals surface area contributed by atoms with E-state index >= 15 is 0 Å². The second-order valence-electron chi connectivity index (χ2n) is 7.07. The predicted molar refractivity (Wildman–Crippen MR) is 83.1 cm³/mol. The topological polar surface area (TPSA) is 15.7 Å². The third-order valence-corrected chi connectivity index (χ3v) is 6.11. The summed E-state index contributed by atoms with van der Waals surface area (Å²) in [4.78, 5) is 5.56. The van der Waals surface area contributed by atoms with E-state index in [0.29, 0.717) is 0 Å². The number of nitrogens with zero attached hydrogens (tertiary/aromatic N) is 2. The van der Waals surface area contributed by atoms with E-state index in [2.05, 4.69) is 23.6 Å². The highest BCUT2D eigenvalue weighted by atomic mass is 16.5. The molecule has 2 unspecified atom stereocenters. The zero-order valence-corrected chi connectivity index (χ0v) is 13.4. The Balaban J connectivity index is 1.65. The van der Waals surface area contributed by atoms with Crippen molar-refractivity contribution in [3.8, 4) is 0 Å². The van der Waals surface area contributed by atoms with Crippen LogP contribution in [0, 0.1) is 0 Å². The summed E-state index contributed by atoms with van der Waals surface area (Å²) >= 11 is 0. The molecule has 0 aromatic rings. The molecular weight excluding hydrogens is 248 g/mol. The predicted octanol–water partition coefficient (Wildman–Crippen LogP) is 2.89. The molecule has 0 bridgehead atoms. The number of ether oxygens (including phenoxy) is 1. The standard InChI is InChI=1S/C17H32N2O/c1-3-17(4-2)13-15(8-12-20-17)19-11-6-10-18-9-5-7-16(18)14-19/h15-16H,3-14H2,1-2H3. The molecule has 2 atom stereocenters. The molecule has 0 aromatic carbocycles. The average molecular weight is 280 g/mol. The lowest BCUT2D eigenvalue weighted by molar-refractivity contribution is -0.110. The van der Waals surface area contributed by atoms with Gasteiger partial charge in [-0.2, -0.15) is 0 Å². The third-order valence-electron chi connectivity index (χ3n) is 6.11. The molecule has 116 valence electrons. The lowest BCUT2D eigenvalue weighted by Crippen LogP contribution is -2.50. The van der Waals surface area contributed by atoms with Crippen LogP contribution in [0.5, 0.6) is 0 Å². The first-order chi connectivity index (χ1) is 9.76. The Kier molecular flexibility index (Phi) is 4.68. The second kappa shape index (κ2) is 6.33. The summed E-state index contributed by atoms with van der Waals surface area (Å²) in [6.45, 7) is 10.9. The quantitative estimate of drug-likeness (QED) is 0.790. The van der Waals surface area contributed by atoms with Crippen LogP contribution >= 0.6 is 0 Å². The van der Waals surface area contributed by atoms with Gasteiger partial charge in [-0.3, -0.25) is 9.80 Å². The van der Waals surface area contributed by atoms with Crippen LogP contribution in [0.25, 0.3) is 0 Å². The van der Waals surface area contributed by atoms with Crippen LogP contribution in [-0.4, -0.2) is 60.3 Å². The molecular formula is C17H32N2O. The first-order valence-electron chi connectivity index (χ1n) is 8.88. The summed E-state index contributed by atoms with van der Waals surface area (Å²) in [6.07, 6.45) is 9.04. The van der Waals surface area contributed by atoms with Crippen molar-refractivity contribution in [2.24, 2.45) is 0 Å². The first kappa shape index (κ1) is 14.8. The van der Waals surface area contributed by atoms with E-state index in [0.717, 1.165) is 18.7 Å². The molecule has 3 heteroatoms. The fraction of sp³-hybridized carbons (Fsp3) is 1.00. The van der Waals surface area contributed by atoms with Crippen LogP contribution in [-0.2, 0) is 4.74 Å². The summed E-state index contributed by atoms with van der Waals surface area (Å²) in [5.74, 6) is 0. The van der Waals surface area contributed by atoms with Gasteiger partial charge >= 0.3 is 0 Å². The highest BCUT2D eigenvalue weighted by Crippen LogP contribution is 2.34. The molecule has 3 aliphatic heterocycles. The Morgan fingerprint density at radius 2 is 1.70 bits per heavy atom. The molecule has 0 aliphatic carbocycles. The van der Waals surface area contributed by atoms with E-state index in [-0.39, 0.29) is 5.60 Å². The highest BCUT2D eigenvalue weighted by Gasteiger charge is 2.39. The Hall–Kier alpha value is -0.120. The van der Waals surface area contributed by atoms with Gasteiger partial charge in [0.25, 0.3) is 0 Å². The molecule has 0 radical (unpaired) electrons. The smallest absolute Gasteiger partial charge is 0.0692 e. The van der Waals surface area contributed by atoms with Crippen LogP contribution in [0.3, 0.4) is 0 Å². The summed E-state index contributed by atoms with van der Waals surface area (Å²) in [7, 11) is 0. The molecule has 3 fully saturated rings. The van der Waals surface area contributed by atoms with Crippen LogP contribution in [0.1, 0.15) is 58.8 Å². The summed E-state index contributed by atoms with van der Waals surface area (Å²) in [5, 5.41) is 0. The average Bonchev–Trinajstić information content (AvgIpc) is 2.84. The SMILES string of the molecule is CCC1(CC)CC(N2CCCN3CCCC3C2)CCO1. The first-order valence-corrected chi connectivity index (χ1v) is 8.88. The maximum atomic E-state index is 6.17. The van der Waals surface area contributed by atoms with Crippen LogP contribution in [0.4, 0.5) is 0 Å². The van der Waals surface area contributed by atoms with E-state index < -0.39 is 0 Å². The minimum Gasteiger partial charge on any atom is -0.375 e. The number of hydrogen-bond acceptors (Lipinski definition) is 3. The van der Waals surface area contributed by atoms with Gasteiger partial charge in [0.15, 0.2) is 0 Å². The normalized spacial score (nSPS) is 35.7. The van der Waals surface area contributed by atoms with Gasteiger partial charge in [0.1, 0.15) is 0 Å². The maximum Gasteiger partial charge on any atom is 0.0692 e. The minimum absolute atomic E-state index is 0.171. The zero-order valence-electron chi connectivity index (χ0n) is 13.4. The Morgan fingerprint density at radius 3 is 2.50 bits per heavy atom. The van der Waals surface area contributed by atoms with Crippen LogP contribution < -0.4 is 0 Å². The summed E-state index contributed by atoms with van der Waals surface area (Å²) in [6, 6.07) is 1.61. The fourth-order valence-electron chi connectivity index (χ4n) is 4.62. The molecule has 20 heavy (non-hydrogen) atoms. The Morgan fingerprint density at radius 1 is 0.950 bits per heavy atom. The van der Waals surface area contributed by atoms with E-state index in [1.54, 1.807) is 0 Å². The van der Waals surface area contributed by atoms with Gasteiger partial charge in [-0.05, 0) is 64.6 Å².